The molecular formula is C23H31N3O4. The van der Waals surface area contributed by atoms with Crippen LogP contribution in [-0.2, 0) is 15.1 Å². The van der Waals surface area contributed by atoms with Crippen LogP contribution in [0.15, 0.2) is 24.3 Å². The molecule has 3 atom stereocenters. The van der Waals surface area contributed by atoms with E-state index in [0.29, 0.717) is 23.7 Å². The Morgan fingerprint density at radius 3 is 2.53 bits per heavy atom. The molecule has 2 saturated heterocycles. The summed E-state index contributed by atoms with van der Waals surface area (Å²) in [5.41, 5.74) is -0.441. The van der Waals surface area contributed by atoms with E-state index in [0.717, 1.165) is 30.7 Å². The van der Waals surface area contributed by atoms with Gasteiger partial charge in [0.25, 0.3) is 5.91 Å². The van der Waals surface area contributed by atoms with Crippen LogP contribution in [0.1, 0.15) is 57.4 Å². The largest absolute Gasteiger partial charge is 0.497 e. The van der Waals surface area contributed by atoms with Gasteiger partial charge in [-0.05, 0) is 55.7 Å². The number of nitrogens with zero attached hydrogens (tertiary/aromatic N) is 2. The van der Waals surface area contributed by atoms with Gasteiger partial charge in [-0.25, -0.2) is 4.79 Å². The van der Waals surface area contributed by atoms with Crippen molar-refractivity contribution in [1.29, 1.82) is 0 Å². The summed E-state index contributed by atoms with van der Waals surface area (Å²) in [6.45, 7) is 2.40. The van der Waals surface area contributed by atoms with E-state index < -0.39 is 11.6 Å². The Morgan fingerprint density at radius 1 is 1.13 bits per heavy atom. The molecule has 0 radical (unpaired) electrons. The first kappa shape index (κ1) is 20.7. The normalized spacial score (nSPS) is 28.9. The number of methoxy groups -OCH3 is 1. The Kier molecular flexibility index (Phi) is 5.71. The molecular weight excluding hydrogens is 382 g/mol. The van der Waals surface area contributed by atoms with Crippen LogP contribution in [0.2, 0.25) is 0 Å². The number of piperidine rings is 1. The number of ether oxygens (including phenoxy) is 1. The van der Waals surface area contributed by atoms with Crippen LogP contribution in [0.3, 0.4) is 0 Å². The van der Waals surface area contributed by atoms with E-state index in [1.165, 1.54) is 19.3 Å². The SMILES string of the molecule is CC[C@]1(c2ccc(OC)cc2)NC(=O)N(CC(=O)N2CCC[C@H]3CCCC[C@@H]32)C1=O. The van der Waals surface area contributed by atoms with Crippen LogP contribution in [0.4, 0.5) is 4.79 Å². The van der Waals surface area contributed by atoms with Crippen molar-refractivity contribution in [3.8, 4) is 5.75 Å². The molecule has 1 aliphatic carbocycles. The van der Waals surface area contributed by atoms with Gasteiger partial charge in [-0.1, -0.05) is 31.9 Å². The molecule has 4 rings (SSSR count). The summed E-state index contributed by atoms with van der Waals surface area (Å²) in [7, 11) is 1.58. The van der Waals surface area contributed by atoms with Crippen LogP contribution >= 0.6 is 0 Å². The Balaban J connectivity index is 1.52. The van der Waals surface area contributed by atoms with Gasteiger partial charge in [0.2, 0.25) is 5.91 Å². The maximum atomic E-state index is 13.4. The third-order valence-electron chi connectivity index (χ3n) is 7.15. The number of nitrogens with one attached hydrogen (secondary N) is 1. The summed E-state index contributed by atoms with van der Waals surface area (Å²) in [6, 6.07) is 6.90. The number of carbonyl (C=O) groups excluding carboxylic acids is 3. The van der Waals surface area contributed by atoms with Gasteiger partial charge in [0.1, 0.15) is 17.8 Å². The third-order valence-corrected chi connectivity index (χ3v) is 7.15. The molecule has 7 heteroatoms. The number of amides is 4. The molecule has 4 amide bonds. The summed E-state index contributed by atoms with van der Waals surface area (Å²) in [4.78, 5) is 42.3. The molecule has 162 valence electrons. The highest BCUT2D eigenvalue weighted by Gasteiger charge is 2.52. The number of carbonyl (C=O) groups is 3. The molecule has 3 fully saturated rings. The Morgan fingerprint density at radius 2 is 1.83 bits per heavy atom. The second-order valence-corrected chi connectivity index (χ2v) is 8.65. The van der Waals surface area contributed by atoms with Gasteiger partial charge in [-0.2, -0.15) is 0 Å². The van der Waals surface area contributed by atoms with Crippen molar-refractivity contribution in [2.24, 2.45) is 5.92 Å². The van der Waals surface area contributed by atoms with E-state index in [9.17, 15) is 14.4 Å². The molecule has 0 aromatic heterocycles. The number of hydrogen-bond donors (Lipinski definition) is 1. The average molecular weight is 414 g/mol. The smallest absolute Gasteiger partial charge is 0.325 e. The first-order valence-electron chi connectivity index (χ1n) is 11.1. The Labute approximate surface area is 177 Å². The van der Waals surface area contributed by atoms with Crippen LogP contribution in [0.25, 0.3) is 0 Å². The third kappa shape index (κ3) is 3.44. The summed E-state index contributed by atoms with van der Waals surface area (Å²) >= 11 is 0. The first-order chi connectivity index (χ1) is 14.5. The minimum Gasteiger partial charge on any atom is -0.497 e. The minimum atomic E-state index is -1.14. The molecule has 1 aromatic rings. The van der Waals surface area contributed by atoms with Crippen molar-refractivity contribution in [3.05, 3.63) is 29.8 Å². The van der Waals surface area contributed by atoms with Crippen molar-refractivity contribution in [2.45, 2.75) is 63.5 Å². The lowest BCUT2D eigenvalue weighted by atomic mass is 9.78. The van der Waals surface area contributed by atoms with Gasteiger partial charge in [-0.15, -0.1) is 0 Å². The molecule has 2 heterocycles. The second-order valence-electron chi connectivity index (χ2n) is 8.65. The predicted molar refractivity (Wildman–Crippen MR) is 112 cm³/mol. The van der Waals surface area contributed by atoms with E-state index in [2.05, 4.69) is 5.32 Å². The van der Waals surface area contributed by atoms with E-state index in [1.807, 2.05) is 11.8 Å². The van der Waals surface area contributed by atoms with Gasteiger partial charge in [-0.3, -0.25) is 14.5 Å². The van der Waals surface area contributed by atoms with Crippen molar-refractivity contribution in [2.75, 3.05) is 20.2 Å². The van der Waals surface area contributed by atoms with Gasteiger partial charge < -0.3 is 15.0 Å². The maximum absolute atomic E-state index is 13.4. The molecule has 1 N–H and O–H groups in total. The molecule has 30 heavy (non-hydrogen) atoms. The standard InChI is InChI=1S/C23H31N3O4/c1-3-23(17-10-12-18(30-2)13-11-17)21(28)26(22(29)24-23)15-20(27)25-14-6-8-16-7-4-5-9-19(16)25/h10-13,16,19H,3-9,14-15H2,1-2H3,(H,24,29)/t16-,19+,23-/m1/s1. The van der Waals surface area contributed by atoms with Gasteiger partial charge in [0.05, 0.1) is 7.11 Å². The number of imide groups is 1. The number of urea groups is 1. The summed E-state index contributed by atoms with van der Waals surface area (Å²) in [5, 5.41) is 2.86. The molecule has 0 bridgehead atoms. The molecule has 3 aliphatic rings. The number of hydrogen-bond acceptors (Lipinski definition) is 4. The second kappa shape index (κ2) is 8.28. The van der Waals surface area contributed by atoms with Crippen LogP contribution < -0.4 is 10.1 Å². The summed E-state index contributed by atoms with van der Waals surface area (Å²) in [5.74, 6) is 0.775. The highest BCUT2D eigenvalue weighted by atomic mass is 16.5. The highest BCUT2D eigenvalue weighted by molar-refractivity contribution is 6.09. The monoisotopic (exact) mass is 413 g/mol. The fraction of sp³-hybridized carbons (Fsp3) is 0.609. The molecule has 1 aromatic carbocycles. The lowest BCUT2D eigenvalue weighted by Crippen LogP contribution is -2.53. The number of fused-ring (bicyclic) bond motifs is 1. The maximum Gasteiger partial charge on any atom is 0.325 e. The van der Waals surface area contributed by atoms with E-state index in [4.69, 9.17) is 4.74 Å². The molecule has 2 aliphatic heterocycles. The van der Waals surface area contributed by atoms with E-state index >= 15 is 0 Å². The lowest BCUT2D eigenvalue weighted by Gasteiger charge is -2.44. The Bertz CT molecular complexity index is 822. The molecule has 1 saturated carbocycles. The predicted octanol–water partition coefficient (Wildman–Crippen LogP) is 3.03. The van der Waals surface area contributed by atoms with Crippen molar-refractivity contribution in [1.82, 2.24) is 15.1 Å². The zero-order valence-electron chi connectivity index (χ0n) is 17.9. The quantitative estimate of drug-likeness (QED) is 0.753. The summed E-state index contributed by atoms with van der Waals surface area (Å²) in [6.07, 6.45) is 7.16. The van der Waals surface area contributed by atoms with Crippen molar-refractivity contribution < 1.29 is 19.1 Å². The minimum absolute atomic E-state index is 0.114. The van der Waals surface area contributed by atoms with Gasteiger partial charge in [0.15, 0.2) is 0 Å². The van der Waals surface area contributed by atoms with Crippen molar-refractivity contribution in [3.63, 3.8) is 0 Å². The Hall–Kier alpha value is -2.57. The summed E-state index contributed by atoms with van der Waals surface area (Å²) < 4.78 is 5.20. The fourth-order valence-corrected chi connectivity index (χ4v) is 5.45. The van der Waals surface area contributed by atoms with E-state index in [1.54, 1.807) is 31.4 Å². The lowest BCUT2D eigenvalue weighted by molar-refractivity contribution is -0.143. The number of likely N-dealkylation sites (tertiary alicyclic amines) is 1. The number of rotatable bonds is 5. The average Bonchev–Trinajstić information content (AvgIpc) is 3.03. The van der Waals surface area contributed by atoms with Gasteiger partial charge in [0, 0.05) is 12.6 Å². The van der Waals surface area contributed by atoms with Gasteiger partial charge >= 0.3 is 6.03 Å². The topological polar surface area (TPSA) is 79.0 Å². The zero-order valence-corrected chi connectivity index (χ0v) is 17.9. The highest BCUT2D eigenvalue weighted by Crippen LogP contribution is 2.36. The fourth-order valence-electron chi connectivity index (χ4n) is 5.45. The zero-order chi connectivity index (χ0) is 21.3. The first-order valence-corrected chi connectivity index (χ1v) is 11.1. The molecule has 0 unspecified atom stereocenters. The van der Waals surface area contributed by atoms with Crippen molar-refractivity contribution >= 4 is 17.8 Å². The van der Waals surface area contributed by atoms with E-state index in [-0.39, 0.29) is 24.4 Å². The molecule has 0 spiro atoms. The van der Waals surface area contributed by atoms with Crippen LogP contribution in [-0.4, -0.2) is 53.9 Å². The van der Waals surface area contributed by atoms with Crippen LogP contribution in [0.5, 0.6) is 5.75 Å². The number of benzene rings is 1. The van der Waals surface area contributed by atoms with Crippen LogP contribution in [0, 0.1) is 5.92 Å². The molecule has 7 nitrogen and oxygen atoms in total.